The Kier molecular flexibility index (Phi) is 3.69. The van der Waals surface area contributed by atoms with E-state index < -0.39 is 5.91 Å². The van der Waals surface area contributed by atoms with Crippen LogP contribution in [0.5, 0.6) is 0 Å². The summed E-state index contributed by atoms with van der Waals surface area (Å²) in [7, 11) is 0. The first-order valence-electron chi connectivity index (χ1n) is 5.30. The number of aromatic nitrogens is 5. The fourth-order valence-corrected chi connectivity index (χ4v) is 1.19. The minimum Gasteiger partial charge on any atom is -0.369 e. The zero-order valence-electron chi connectivity index (χ0n) is 9.66. The Hall–Kier alpha value is -2.64. The van der Waals surface area contributed by atoms with Gasteiger partial charge in [0.05, 0.1) is 24.8 Å². The Bertz CT molecular complexity index is 514. The van der Waals surface area contributed by atoms with E-state index in [0.29, 0.717) is 5.82 Å². The molecule has 0 fully saturated rings. The van der Waals surface area contributed by atoms with Crippen molar-refractivity contribution in [2.75, 3.05) is 17.2 Å². The highest BCUT2D eigenvalue weighted by Gasteiger charge is 2.09. The molecule has 2 aromatic heterocycles. The summed E-state index contributed by atoms with van der Waals surface area (Å²) in [4.78, 5) is 23.6. The van der Waals surface area contributed by atoms with Crippen molar-refractivity contribution < 1.29 is 4.79 Å². The molecule has 0 spiro atoms. The fourth-order valence-electron chi connectivity index (χ4n) is 1.19. The Morgan fingerprint density at radius 3 is 2.72 bits per heavy atom. The number of rotatable bonds is 4. The zero-order chi connectivity index (χ0) is 12.8. The molecule has 1 amide bonds. The van der Waals surface area contributed by atoms with E-state index in [1.807, 2.05) is 6.92 Å². The number of hydrogen-bond donors (Lipinski definition) is 2. The van der Waals surface area contributed by atoms with Crippen LogP contribution in [0.4, 0.5) is 11.8 Å². The molecule has 0 bridgehead atoms. The number of carbonyl (C=O) groups is 1. The van der Waals surface area contributed by atoms with Crippen molar-refractivity contribution in [1.82, 2.24) is 25.1 Å². The SMILES string of the molecule is CCNc1cnc(C(=O)Nc2nccnn2)cn1. The molecular weight excluding hydrogens is 234 g/mol. The molecule has 2 rings (SSSR count). The van der Waals surface area contributed by atoms with Crippen molar-refractivity contribution in [3.63, 3.8) is 0 Å². The van der Waals surface area contributed by atoms with Crippen LogP contribution in [-0.2, 0) is 0 Å². The van der Waals surface area contributed by atoms with Crippen LogP contribution in [0.1, 0.15) is 17.4 Å². The molecule has 18 heavy (non-hydrogen) atoms. The molecular formula is C10H11N7O. The Balaban J connectivity index is 2.05. The average Bonchev–Trinajstić information content (AvgIpc) is 2.41. The number of carbonyl (C=O) groups excluding carboxylic acids is 1. The first kappa shape index (κ1) is 11.8. The number of nitrogens with zero attached hydrogens (tertiary/aromatic N) is 5. The Labute approximate surface area is 103 Å². The minimum absolute atomic E-state index is 0.125. The van der Waals surface area contributed by atoms with E-state index in [0.717, 1.165) is 6.54 Å². The number of amides is 1. The maximum absolute atomic E-state index is 11.7. The molecule has 8 nitrogen and oxygen atoms in total. The Morgan fingerprint density at radius 2 is 2.11 bits per heavy atom. The van der Waals surface area contributed by atoms with Crippen molar-refractivity contribution in [3.05, 3.63) is 30.5 Å². The lowest BCUT2D eigenvalue weighted by molar-refractivity contribution is 0.102. The number of hydrogen-bond acceptors (Lipinski definition) is 7. The predicted molar refractivity (Wildman–Crippen MR) is 64.0 cm³/mol. The second-order valence-electron chi connectivity index (χ2n) is 3.24. The zero-order valence-corrected chi connectivity index (χ0v) is 9.66. The van der Waals surface area contributed by atoms with E-state index in [1.54, 1.807) is 0 Å². The van der Waals surface area contributed by atoms with Gasteiger partial charge >= 0.3 is 0 Å². The lowest BCUT2D eigenvalue weighted by atomic mass is 10.4. The van der Waals surface area contributed by atoms with Gasteiger partial charge in [0.2, 0.25) is 5.95 Å². The van der Waals surface area contributed by atoms with E-state index in [-0.39, 0.29) is 11.6 Å². The van der Waals surface area contributed by atoms with Crippen LogP contribution >= 0.6 is 0 Å². The van der Waals surface area contributed by atoms with Gasteiger partial charge in [-0.25, -0.2) is 15.0 Å². The molecule has 2 heterocycles. The number of anilines is 2. The molecule has 2 aromatic rings. The predicted octanol–water partition coefficient (Wildman–Crippen LogP) is 0.346. The van der Waals surface area contributed by atoms with Gasteiger partial charge in [-0.3, -0.25) is 10.1 Å². The second-order valence-corrected chi connectivity index (χ2v) is 3.24. The van der Waals surface area contributed by atoms with Crippen molar-refractivity contribution in [1.29, 1.82) is 0 Å². The second kappa shape index (κ2) is 5.62. The van der Waals surface area contributed by atoms with Gasteiger partial charge in [0, 0.05) is 6.54 Å². The molecule has 0 radical (unpaired) electrons. The molecule has 0 aliphatic heterocycles. The molecule has 0 saturated carbocycles. The van der Waals surface area contributed by atoms with Gasteiger partial charge in [-0.15, -0.1) is 5.10 Å². The molecule has 0 aliphatic carbocycles. The van der Waals surface area contributed by atoms with Crippen LogP contribution in [0.2, 0.25) is 0 Å². The van der Waals surface area contributed by atoms with E-state index in [9.17, 15) is 4.79 Å². The van der Waals surface area contributed by atoms with Gasteiger partial charge in [-0.1, -0.05) is 0 Å². The molecule has 2 N–H and O–H groups in total. The maximum Gasteiger partial charge on any atom is 0.278 e. The minimum atomic E-state index is -0.432. The summed E-state index contributed by atoms with van der Waals surface area (Å²) in [5.41, 5.74) is 0.184. The van der Waals surface area contributed by atoms with Crippen LogP contribution in [0.25, 0.3) is 0 Å². The van der Waals surface area contributed by atoms with Gasteiger partial charge in [0.1, 0.15) is 11.5 Å². The summed E-state index contributed by atoms with van der Waals surface area (Å²) in [6.45, 7) is 2.69. The summed E-state index contributed by atoms with van der Waals surface area (Å²) in [5.74, 6) is 0.310. The highest BCUT2D eigenvalue weighted by Crippen LogP contribution is 2.02. The average molecular weight is 245 g/mol. The molecule has 0 unspecified atom stereocenters. The highest BCUT2D eigenvalue weighted by molar-refractivity contribution is 6.01. The van der Waals surface area contributed by atoms with Crippen LogP contribution in [0.3, 0.4) is 0 Å². The van der Waals surface area contributed by atoms with E-state index in [2.05, 4.69) is 35.8 Å². The molecule has 0 saturated heterocycles. The monoisotopic (exact) mass is 245 g/mol. The quantitative estimate of drug-likeness (QED) is 0.800. The van der Waals surface area contributed by atoms with Crippen LogP contribution in [-0.4, -0.2) is 37.6 Å². The summed E-state index contributed by atoms with van der Waals surface area (Å²) >= 11 is 0. The van der Waals surface area contributed by atoms with Gasteiger partial charge in [0.25, 0.3) is 5.91 Å². The Morgan fingerprint density at radius 1 is 1.22 bits per heavy atom. The lowest BCUT2D eigenvalue weighted by Gasteiger charge is -2.03. The van der Waals surface area contributed by atoms with E-state index in [4.69, 9.17) is 0 Å². The van der Waals surface area contributed by atoms with Gasteiger partial charge in [0.15, 0.2) is 0 Å². The van der Waals surface area contributed by atoms with Crippen LogP contribution in [0, 0.1) is 0 Å². The molecule has 0 atom stereocenters. The molecule has 0 aliphatic rings. The summed E-state index contributed by atoms with van der Waals surface area (Å²) in [6, 6.07) is 0. The van der Waals surface area contributed by atoms with Crippen molar-refractivity contribution in [3.8, 4) is 0 Å². The normalized spacial score (nSPS) is 9.83. The summed E-state index contributed by atoms with van der Waals surface area (Å²) in [6.07, 6.45) is 5.72. The third kappa shape index (κ3) is 2.94. The molecule has 0 aromatic carbocycles. The standard InChI is InChI=1S/C10H11N7O/c1-2-11-8-6-13-7(5-14-8)9(18)16-10-12-3-4-15-17-10/h3-6H,2H2,1H3,(H,11,14)(H,12,16,17,18). The van der Waals surface area contributed by atoms with Crippen molar-refractivity contribution >= 4 is 17.7 Å². The summed E-state index contributed by atoms with van der Waals surface area (Å²) < 4.78 is 0. The van der Waals surface area contributed by atoms with E-state index in [1.165, 1.54) is 24.8 Å². The maximum atomic E-state index is 11.7. The largest absolute Gasteiger partial charge is 0.369 e. The smallest absolute Gasteiger partial charge is 0.278 e. The summed E-state index contributed by atoms with van der Waals surface area (Å²) in [5, 5.41) is 12.7. The topological polar surface area (TPSA) is 106 Å². The van der Waals surface area contributed by atoms with Crippen LogP contribution < -0.4 is 10.6 Å². The van der Waals surface area contributed by atoms with Crippen molar-refractivity contribution in [2.45, 2.75) is 6.92 Å². The van der Waals surface area contributed by atoms with Crippen LogP contribution in [0.15, 0.2) is 24.8 Å². The first-order valence-corrected chi connectivity index (χ1v) is 5.30. The fraction of sp³-hybridized carbons (Fsp3) is 0.200. The van der Waals surface area contributed by atoms with Gasteiger partial charge < -0.3 is 5.32 Å². The highest BCUT2D eigenvalue weighted by atomic mass is 16.2. The first-order chi connectivity index (χ1) is 8.79. The van der Waals surface area contributed by atoms with Gasteiger partial charge in [-0.05, 0) is 6.92 Å². The van der Waals surface area contributed by atoms with Gasteiger partial charge in [-0.2, -0.15) is 5.10 Å². The molecule has 92 valence electrons. The number of nitrogens with one attached hydrogen (secondary N) is 2. The third-order valence-corrected chi connectivity index (χ3v) is 1.95. The van der Waals surface area contributed by atoms with Crippen molar-refractivity contribution in [2.24, 2.45) is 0 Å². The van der Waals surface area contributed by atoms with E-state index >= 15 is 0 Å². The third-order valence-electron chi connectivity index (χ3n) is 1.95. The lowest BCUT2D eigenvalue weighted by Crippen LogP contribution is -2.16. The molecule has 8 heteroatoms.